The lowest BCUT2D eigenvalue weighted by molar-refractivity contribution is 1.72. The Bertz CT molecular complexity index is 628. The Morgan fingerprint density at radius 3 is 2.12 bits per heavy atom. The monoisotopic (exact) mass is 271 g/mol. The van der Waals surface area contributed by atoms with Crippen molar-refractivity contribution in [2.24, 2.45) is 0 Å². The van der Waals surface area contributed by atoms with E-state index in [1.807, 2.05) is 12.1 Å². The molecule has 0 aromatic heterocycles. The van der Waals surface area contributed by atoms with Crippen LogP contribution in [0.15, 0.2) is 53.0 Å². The molecule has 3 aromatic carbocycles. The highest BCUT2D eigenvalue weighted by Gasteiger charge is 2.04. The SMILES string of the molecule is Nc1cccc2c1ccc1c(Br)cccc12. The number of rotatable bonds is 0. The van der Waals surface area contributed by atoms with E-state index in [0.29, 0.717) is 0 Å². The van der Waals surface area contributed by atoms with Crippen molar-refractivity contribution in [1.82, 2.24) is 0 Å². The smallest absolute Gasteiger partial charge is 0.0393 e. The molecule has 0 spiro atoms. The maximum absolute atomic E-state index is 5.97. The van der Waals surface area contributed by atoms with E-state index in [-0.39, 0.29) is 0 Å². The third kappa shape index (κ3) is 1.30. The van der Waals surface area contributed by atoms with Gasteiger partial charge in [0.1, 0.15) is 0 Å². The molecular formula is C14H10BrN. The molecule has 78 valence electrons. The van der Waals surface area contributed by atoms with Gasteiger partial charge in [-0.1, -0.05) is 52.3 Å². The summed E-state index contributed by atoms with van der Waals surface area (Å²) in [6, 6.07) is 16.5. The number of anilines is 1. The first kappa shape index (κ1) is 9.67. The van der Waals surface area contributed by atoms with E-state index >= 15 is 0 Å². The summed E-state index contributed by atoms with van der Waals surface area (Å²) >= 11 is 3.57. The third-order valence-electron chi connectivity index (χ3n) is 2.90. The van der Waals surface area contributed by atoms with Crippen LogP contribution in [0, 0.1) is 0 Å². The fourth-order valence-corrected chi connectivity index (χ4v) is 2.61. The molecule has 0 bridgehead atoms. The number of fused-ring (bicyclic) bond motifs is 3. The molecule has 0 amide bonds. The van der Waals surface area contributed by atoms with Crippen LogP contribution in [0.2, 0.25) is 0 Å². The second kappa shape index (κ2) is 3.49. The van der Waals surface area contributed by atoms with Crippen molar-refractivity contribution in [2.45, 2.75) is 0 Å². The van der Waals surface area contributed by atoms with Crippen LogP contribution in [0.4, 0.5) is 5.69 Å². The molecule has 2 heteroatoms. The minimum absolute atomic E-state index is 0.833. The van der Waals surface area contributed by atoms with Crippen LogP contribution < -0.4 is 5.73 Å². The summed E-state index contributed by atoms with van der Waals surface area (Å²) in [6.45, 7) is 0. The zero-order valence-electron chi connectivity index (χ0n) is 8.57. The Kier molecular flexibility index (Phi) is 2.11. The highest BCUT2D eigenvalue weighted by molar-refractivity contribution is 9.10. The van der Waals surface area contributed by atoms with Gasteiger partial charge < -0.3 is 5.73 Å². The van der Waals surface area contributed by atoms with Gasteiger partial charge in [-0.05, 0) is 28.3 Å². The Labute approximate surface area is 102 Å². The second-order valence-electron chi connectivity index (χ2n) is 3.84. The number of halogens is 1. The number of benzene rings is 3. The third-order valence-corrected chi connectivity index (χ3v) is 3.59. The van der Waals surface area contributed by atoms with Gasteiger partial charge in [-0.25, -0.2) is 0 Å². The lowest BCUT2D eigenvalue weighted by Crippen LogP contribution is -1.87. The summed E-state index contributed by atoms with van der Waals surface area (Å²) in [7, 11) is 0. The van der Waals surface area contributed by atoms with Crippen LogP contribution in [-0.4, -0.2) is 0 Å². The Balaban J connectivity index is 2.60. The fraction of sp³-hybridized carbons (Fsp3) is 0. The molecule has 3 rings (SSSR count). The zero-order chi connectivity index (χ0) is 11.1. The normalized spacial score (nSPS) is 11.1. The minimum atomic E-state index is 0.833. The molecule has 3 aromatic rings. The largest absolute Gasteiger partial charge is 0.398 e. The fourth-order valence-electron chi connectivity index (χ4n) is 2.11. The van der Waals surface area contributed by atoms with Crippen LogP contribution in [0.1, 0.15) is 0 Å². The molecule has 2 N–H and O–H groups in total. The van der Waals surface area contributed by atoms with Crippen molar-refractivity contribution in [2.75, 3.05) is 5.73 Å². The number of hydrogen-bond acceptors (Lipinski definition) is 1. The summed E-state index contributed by atoms with van der Waals surface area (Å²) in [6.07, 6.45) is 0. The van der Waals surface area contributed by atoms with Crippen molar-refractivity contribution >= 4 is 43.2 Å². The van der Waals surface area contributed by atoms with Crippen molar-refractivity contribution in [1.29, 1.82) is 0 Å². The first-order valence-corrected chi connectivity index (χ1v) is 5.92. The molecule has 0 fully saturated rings. The lowest BCUT2D eigenvalue weighted by Gasteiger charge is -2.07. The molecule has 0 atom stereocenters. The van der Waals surface area contributed by atoms with Crippen LogP contribution in [0.5, 0.6) is 0 Å². The molecule has 0 radical (unpaired) electrons. The number of nitrogen functional groups attached to an aromatic ring is 1. The average Bonchev–Trinajstić information content (AvgIpc) is 2.30. The van der Waals surface area contributed by atoms with E-state index in [2.05, 4.69) is 52.3 Å². The van der Waals surface area contributed by atoms with Gasteiger partial charge in [0.2, 0.25) is 0 Å². The minimum Gasteiger partial charge on any atom is -0.398 e. The first-order valence-electron chi connectivity index (χ1n) is 5.13. The van der Waals surface area contributed by atoms with Gasteiger partial charge in [0, 0.05) is 15.5 Å². The van der Waals surface area contributed by atoms with Gasteiger partial charge in [-0.15, -0.1) is 0 Å². The number of hydrogen-bond donors (Lipinski definition) is 1. The van der Waals surface area contributed by atoms with E-state index < -0.39 is 0 Å². The standard InChI is InChI=1S/C14H10BrN/c15-13-5-1-3-9-10-4-2-6-14(16)12(10)8-7-11(9)13/h1-8H,16H2. The van der Waals surface area contributed by atoms with E-state index in [1.165, 1.54) is 16.2 Å². The average molecular weight is 272 g/mol. The lowest BCUT2D eigenvalue weighted by atomic mass is 10.0. The molecule has 1 nitrogen and oxygen atoms in total. The Hall–Kier alpha value is -1.54. The van der Waals surface area contributed by atoms with E-state index in [4.69, 9.17) is 5.73 Å². The molecule has 0 aliphatic rings. The molecule has 16 heavy (non-hydrogen) atoms. The summed E-state index contributed by atoms with van der Waals surface area (Å²) in [4.78, 5) is 0. The quantitative estimate of drug-likeness (QED) is 0.478. The molecule has 0 heterocycles. The summed E-state index contributed by atoms with van der Waals surface area (Å²) in [5, 5.41) is 4.78. The predicted molar refractivity (Wildman–Crippen MR) is 73.6 cm³/mol. The molecule has 0 aliphatic heterocycles. The highest BCUT2D eigenvalue weighted by atomic mass is 79.9. The topological polar surface area (TPSA) is 26.0 Å². The summed E-state index contributed by atoms with van der Waals surface area (Å²) in [5.74, 6) is 0. The van der Waals surface area contributed by atoms with Gasteiger partial charge in [-0.3, -0.25) is 0 Å². The highest BCUT2D eigenvalue weighted by Crippen LogP contribution is 2.32. The molecule has 0 aliphatic carbocycles. The van der Waals surface area contributed by atoms with Gasteiger partial charge in [0.05, 0.1) is 0 Å². The van der Waals surface area contributed by atoms with Crippen LogP contribution in [0.3, 0.4) is 0 Å². The van der Waals surface area contributed by atoms with Crippen molar-refractivity contribution in [3.8, 4) is 0 Å². The van der Waals surface area contributed by atoms with Gasteiger partial charge in [0.25, 0.3) is 0 Å². The predicted octanol–water partition coefficient (Wildman–Crippen LogP) is 4.34. The summed E-state index contributed by atoms with van der Waals surface area (Å²) in [5.41, 5.74) is 6.81. The number of nitrogens with two attached hydrogens (primary N) is 1. The van der Waals surface area contributed by atoms with Crippen LogP contribution >= 0.6 is 15.9 Å². The summed E-state index contributed by atoms with van der Waals surface area (Å²) < 4.78 is 1.12. The Morgan fingerprint density at radius 1 is 0.688 bits per heavy atom. The van der Waals surface area contributed by atoms with Crippen molar-refractivity contribution in [3.63, 3.8) is 0 Å². The molecular weight excluding hydrogens is 262 g/mol. The van der Waals surface area contributed by atoms with Crippen molar-refractivity contribution in [3.05, 3.63) is 53.0 Å². The molecule has 0 unspecified atom stereocenters. The van der Waals surface area contributed by atoms with Gasteiger partial charge in [-0.2, -0.15) is 0 Å². The van der Waals surface area contributed by atoms with E-state index in [1.54, 1.807) is 0 Å². The van der Waals surface area contributed by atoms with Crippen LogP contribution in [0.25, 0.3) is 21.5 Å². The van der Waals surface area contributed by atoms with E-state index in [0.717, 1.165) is 15.5 Å². The molecule has 0 saturated carbocycles. The first-order chi connectivity index (χ1) is 7.77. The molecule has 0 saturated heterocycles. The van der Waals surface area contributed by atoms with Gasteiger partial charge >= 0.3 is 0 Å². The zero-order valence-corrected chi connectivity index (χ0v) is 10.2. The van der Waals surface area contributed by atoms with E-state index in [9.17, 15) is 0 Å². The Morgan fingerprint density at radius 2 is 1.31 bits per heavy atom. The van der Waals surface area contributed by atoms with Crippen molar-refractivity contribution < 1.29 is 0 Å². The van der Waals surface area contributed by atoms with Crippen LogP contribution in [-0.2, 0) is 0 Å². The maximum atomic E-state index is 5.97. The second-order valence-corrected chi connectivity index (χ2v) is 4.70. The maximum Gasteiger partial charge on any atom is 0.0393 e. The van der Waals surface area contributed by atoms with Gasteiger partial charge in [0.15, 0.2) is 0 Å².